The van der Waals surface area contributed by atoms with Gasteiger partial charge in [-0.25, -0.2) is 9.78 Å². The van der Waals surface area contributed by atoms with E-state index in [0.717, 1.165) is 18.4 Å². The zero-order valence-corrected chi connectivity index (χ0v) is 20.6. The van der Waals surface area contributed by atoms with Crippen LogP contribution in [0, 0.1) is 12.8 Å². The molecule has 3 heterocycles. The Hall–Kier alpha value is -3.49. The summed E-state index contributed by atoms with van der Waals surface area (Å²) >= 11 is 0. The molecule has 1 aliphatic heterocycles. The molecule has 34 heavy (non-hydrogen) atoms. The van der Waals surface area contributed by atoms with E-state index in [2.05, 4.69) is 27.5 Å². The number of aryl methyl sites for hydroxylation is 1. The van der Waals surface area contributed by atoms with Crippen molar-refractivity contribution in [3.63, 3.8) is 0 Å². The minimum Gasteiger partial charge on any atom is -0.444 e. The molecule has 3 rings (SSSR count). The fourth-order valence-electron chi connectivity index (χ4n) is 4.07. The highest BCUT2D eigenvalue weighted by atomic mass is 16.6. The van der Waals surface area contributed by atoms with Crippen LogP contribution in [0.2, 0.25) is 0 Å². The Bertz CT molecular complexity index is 1070. The first kappa shape index (κ1) is 25.1. The molecule has 1 aliphatic rings. The lowest BCUT2D eigenvalue weighted by Crippen LogP contribution is -2.55. The first-order valence-corrected chi connectivity index (χ1v) is 11.4. The van der Waals surface area contributed by atoms with Crippen molar-refractivity contribution in [2.45, 2.75) is 65.5 Å². The van der Waals surface area contributed by atoms with Gasteiger partial charge in [0, 0.05) is 18.9 Å². The molecule has 0 saturated carbocycles. The van der Waals surface area contributed by atoms with Crippen molar-refractivity contribution in [1.82, 2.24) is 14.9 Å². The maximum Gasteiger partial charge on any atom is 0.413 e. The Morgan fingerprint density at radius 1 is 1.18 bits per heavy atom. The third-order valence-electron chi connectivity index (χ3n) is 5.91. The summed E-state index contributed by atoms with van der Waals surface area (Å²) in [6.45, 7) is 11.6. The molecule has 1 fully saturated rings. The summed E-state index contributed by atoms with van der Waals surface area (Å²) in [4.78, 5) is 48.2. The summed E-state index contributed by atoms with van der Waals surface area (Å²) in [7, 11) is 0. The molecule has 2 aromatic rings. The largest absolute Gasteiger partial charge is 0.444 e. The van der Waals surface area contributed by atoms with Crippen LogP contribution in [-0.4, -0.2) is 44.9 Å². The molecule has 0 aliphatic carbocycles. The fourth-order valence-corrected chi connectivity index (χ4v) is 4.07. The molecule has 0 bridgehead atoms. The Morgan fingerprint density at radius 2 is 1.85 bits per heavy atom. The molecular weight excluding hydrogens is 434 g/mol. The first-order valence-electron chi connectivity index (χ1n) is 11.4. The van der Waals surface area contributed by atoms with Crippen LogP contribution in [0.5, 0.6) is 0 Å². The second-order valence-electron chi connectivity index (χ2n) is 10.0. The van der Waals surface area contributed by atoms with Gasteiger partial charge in [0.1, 0.15) is 11.4 Å². The second-order valence-corrected chi connectivity index (χ2v) is 10.0. The molecule has 0 aromatic carbocycles. The minimum atomic E-state index is -0.733. The molecule has 3 amide bonds. The fraction of sp³-hybridized carbons (Fsp3) is 0.480. The van der Waals surface area contributed by atoms with Crippen LogP contribution < -0.4 is 10.6 Å². The summed E-state index contributed by atoms with van der Waals surface area (Å²) in [5.41, 5.74) is 0.693. The van der Waals surface area contributed by atoms with E-state index < -0.39 is 29.0 Å². The molecule has 1 saturated heterocycles. The van der Waals surface area contributed by atoms with Gasteiger partial charge in [0.15, 0.2) is 0 Å². The van der Waals surface area contributed by atoms with Crippen LogP contribution in [0.1, 0.15) is 58.6 Å². The number of hydrogen-bond acceptors (Lipinski definition) is 6. The zero-order valence-electron chi connectivity index (χ0n) is 20.6. The van der Waals surface area contributed by atoms with Crippen molar-refractivity contribution in [3.05, 3.63) is 47.9 Å². The van der Waals surface area contributed by atoms with Gasteiger partial charge in [0.05, 0.1) is 17.4 Å². The lowest BCUT2D eigenvalue weighted by molar-refractivity contribution is -0.150. The predicted molar refractivity (Wildman–Crippen MR) is 129 cm³/mol. The molecule has 2 atom stereocenters. The number of nitrogens with zero attached hydrogens (tertiary/aromatic N) is 3. The summed E-state index contributed by atoms with van der Waals surface area (Å²) in [5.74, 6) is -0.731. The van der Waals surface area contributed by atoms with Crippen molar-refractivity contribution < 1.29 is 19.1 Å². The summed E-state index contributed by atoms with van der Waals surface area (Å²) in [6, 6.07) is 5.42. The number of anilines is 2. The van der Waals surface area contributed by atoms with E-state index in [1.807, 2.05) is 19.1 Å². The molecule has 9 heteroatoms. The van der Waals surface area contributed by atoms with E-state index in [9.17, 15) is 14.4 Å². The van der Waals surface area contributed by atoms with Gasteiger partial charge >= 0.3 is 17.9 Å². The topological polar surface area (TPSA) is 114 Å². The Kier molecular flexibility index (Phi) is 7.24. The quantitative estimate of drug-likeness (QED) is 0.653. The zero-order chi connectivity index (χ0) is 25.1. The van der Waals surface area contributed by atoms with Crippen molar-refractivity contribution in [3.8, 4) is 0 Å². The molecule has 0 spiro atoms. The van der Waals surface area contributed by atoms with Crippen molar-refractivity contribution >= 4 is 29.4 Å². The number of rotatable bonds is 3. The number of carbonyl (C=O) groups excluding carboxylic acids is 3. The molecule has 0 unspecified atom stereocenters. The highest BCUT2D eigenvalue weighted by Crippen LogP contribution is 2.39. The SMILES string of the molecule is Cc1cc(NC(=O)C(=O)N2C[C@@H](C)CC[C@@]2(C)c2ccncc2)cnc1NC(=O)OC(C)(C)C. The Labute approximate surface area is 200 Å². The summed E-state index contributed by atoms with van der Waals surface area (Å²) in [6.07, 6.45) is 5.88. The molecule has 182 valence electrons. The van der Waals surface area contributed by atoms with Gasteiger partial charge in [-0.15, -0.1) is 0 Å². The predicted octanol–water partition coefficient (Wildman–Crippen LogP) is 4.24. The Morgan fingerprint density at radius 3 is 2.47 bits per heavy atom. The number of ether oxygens (including phenoxy) is 1. The van der Waals surface area contributed by atoms with Gasteiger partial charge in [-0.05, 0) is 82.7 Å². The van der Waals surface area contributed by atoms with Crippen molar-refractivity contribution in [2.24, 2.45) is 5.92 Å². The van der Waals surface area contributed by atoms with Crippen LogP contribution in [0.4, 0.5) is 16.3 Å². The number of carbonyl (C=O) groups is 3. The highest BCUT2D eigenvalue weighted by molar-refractivity contribution is 6.39. The molecule has 0 radical (unpaired) electrons. The second kappa shape index (κ2) is 9.79. The molecule has 2 aromatic heterocycles. The van der Waals surface area contributed by atoms with Crippen LogP contribution in [0.3, 0.4) is 0 Å². The lowest BCUT2D eigenvalue weighted by atomic mass is 9.79. The van der Waals surface area contributed by atoms with Gasteiger partial charge in [-0.3, -0.25) is 19.9 Å². The van der Waals surface area contributed by atoms with Crippen molar-refractivity contribution in [1.29, 1.82) is 0 Å². The van der Waals surface area contributed by atoms with Gasteiger partial charge in [0.25, 0.3) is 0 Å². The highest BCUT2D eigenvalue weighted by Gasteiger charge is 2.43. The van der Waals surface area contributed by atoms with Crippen LogP contribution in [0.15, 0.2) is 36.8 Å². The maximum atomic E-state index is 13.3. The summed E-state index contributed by atoms with van der Waals surface area (Å²) in [5, 5.41) is 5.24. The van der Waals surface area contributed by atoms with Gasteiger partial charge in [-0.2, -0.15) is 0 Å². The lowest BCUT2D eigenvalue weighted by Gasteiger charge is -2.47. The smallest absolute Gasteiger partial charge is 0.413 e. The minimum absolute atomic E-state index is 0.286. The van der Waals surface area contributed by atoms with Crippen LogP contribution in [-0.2, 0) is 19.9 Å². The standard InChI is InChI=1S/C25H33N5O4/c1-16-7-10-25(6,18-8-11-26-12-9-18)30(15-16)22(32)21(31)28-19-13-17(2)20(27-14-19)29-23(33)34-24(3,4)5/h8-9,11-14,16H,7,10,15H2,1-6H3,(H,28,31)(H,27,29,33)/t16-,25-/m0/s1. The van der Waals surface area contributed by atoms with Gasteiger partial charge in [-0.1, -0.05) is 6.92 Å². The van der Waals surface area contributed by atoms with E-state index >= 15 is 0 Å². The molecule has 2 N–H and O–H groups in total. The van der Waals surface area contributed by atoms with Crippen LogP contribution >= 0.6 is 0 Å². The van der Waals surface area contributed by atoms with E-state index in [1.54, 1.807) is 51.1 Å². The average Bonchev–Trinajstić information content (AvgIpc) is 2.76. The van der Waals surface area contributed by atoms with Gasteiger partial charge < -0.3 is 15.0 Å². The average molecular weight is 468 g/mol. The third-order valence-corrected chi connectivity index (χ3v) is 5.91. The monoisotopic (exact) mass is 467 g/mol. The molecular formula is C25H33N5O4. The Balaban J connectivity index is 1.73. The first-order chi connectivity index (χ1) is 15.9. The van der Waals surface area contributed by atoms with Crippen LogP contribution in [0.25, 0.3) is 0 Å². The van der Waals surface area contributed by atoms with E-state index in [-0.39, 0.29) is 5.92 Å². The number of pyridine rings is 2. The number of piperidine rings is 1. The van der Waals surface area contributed by atoms with Crippen molar-refractivity contribution in [2.75, 3.05) is 17.2 Å². The van der Waals surface area contributed by atoms with E-state index in [0.29, 0.717) is 23.6 Å². The van der Waals surface area contributed by atoms with Gasteiger partial charge in [0.2, 0.25) is 0 Å². The number of hydrogen-bond donors (Lipinski definition) is 2. The number of likely N-dealkylation sites (tertiary alicyclic amines) is 1. The van der Waals surface area contributed by atoms with E-state index in [4.69, 9.17) is 4.74 Å². The maximum absolute atomic E-state index is 13.3. The normalized spacial score (nSPS) is 20.4. The van der Waals surface area contributed by atoms with E-state index in [1.165, 1.54) is 6.20 Å². The third kappa shape index (κ3) is 5.89. The molecule has 9 nitrogen and oxygen atoms in total. The number of aromatic nitrogens is 2. The number of nitrogens with one attached hydrogen (secondary N) is 2. The summed E-state index contributed by atoms with van der Waals surface area (Å²) < 4.78 is 5.24. The number of amides is 3.